The molecular formula is C17H26ClN3O3S. The van der Waals surface area contributed by atoms with Crippen molar-refractivity contribution < 1.29 is 13.2 Å². The number of nitrogens with one attached hydrogen (secondary N) is 2. The van der Waals surface area contributed by atoms with Gasteiger partial charge in [0.2, 0.25) is 10.0 Å². The molecule has 140 valence electrons. The summed E-state index contributed by atoms with van der Waals surface area (Å²) in [6, 6.07) is 4.49. The Hall–Kier alpha value is -1.31. The highest BCUT2D eigenvalue weighted by Gasteiger charge is 2.13. The van der Waals surface area contributed by atoms with E-state index in [1.54, 1.807) is 0 Å². The Balaban J connectivity index is 1.80. The van der Waals surface area contributed by atoms with Crippen molar-refractivity contribution in [2.24, 2.45) is 0 Å². The molecule has 1 fully saturated rings. The number of benzene rings is 1. The van der Waals surface area contributed by atoms with E-state index in [1.807, 2.05) is 0 Å². The molecule has 1 heterocycles. The van der Waals surface area contributed by atoms with Crippen LogP contribution in [-0.4, -0.2) is 51.7 Å². The monoisotopic (exact) mass is 387 g/mol. The van der Waals surface area contributed by atoms with Crippen LogP contribution in [0.2, 0.25) is 5.02 Å². The molecule has 1 amide bonds. The van der Waals surface area contributed by atoms with Gasteiger partial charge in [-0.15, -0.1) is 0 Å². The molecule has 0 aliphatic carbocycles. The second-order valence-corrected chi connectivity index (χ2v) is 8.59. The van der Waals surface area contributed by atoms with Crippen LogP contribution in [0.1, 0.15) is 42.5 Å². The Bertz CT molecular complexity index is 686. The number of carbonyl (C=O) groups is 1. The SMILES string of the molecule is CS(=O)(=O)Nc1ccc(C(=O)NCCCN2CCCCCC2)c(Cl)c1. The normalized spacial score (nSPS) is 16.2. The lowest BCUT2D eigenvalue weighted by atomic mass is 10.2. The summed E-state index contributed by atoms with van der Waals surface area (Å²) in [4.78, 5) is 14.7. The topological polar surface area (TPSA) is 78.5 Å². The van der Waals surface area contributed by atoms with Gasteiger partial charge in [0, 0.05) is 12.2 Å². The fraction of sp³-hybridized carbons (Fsp3) is 0.588. The maximum Gasteiger partial charge on any atom is 0.252 e. The molecule has 0 saturated carbocycles. The van der Waals surface area contributed by atoms with Crippen LogP contribution in [0.25, 0.3) is 0 Å². The number of hydrogen-bond acceptors (Lipinski definition) is 4. The van der Waals surface area contributed by atoms with E-state index in [-0.39, 0.29) is 10.9 Å². The minimum Gasteiger partial charge on any atom is -0.352 e. The van der Waals surface area contributed by atoms with Gasteiger partial charge in [-0.25, -0.2) is 8.42 Å². The molecule has 1 aliphatic heterocycles. The third kappa shape index (κ3) is 7.22. The summed E-state index contributed by atoms with van der Waals surface area (Å²) in [5, 5.41) is 3.09. The molecule has 0 unspecified atom stereocenters. The number of likely N-dealkylation sites (tertiary alicyclic amines) is 1. The van der Waals surface area contributed by atoms with Crippen molar-refractivity contribution in [2.75, 3.05) is 37.2 Å². The molecule has 0 aromatic heterocycles. The van der Waals surface area contributed by atoms with Crippen LogP contribution >= 0.6 is 11.6 Å². The molecule has 1 aromatic carbocycles. The lowest BCUT2D eigenvalue weighted by molar-refractivity contribution is 0.0952. The first-order valence-corrected chi connectivity index (χ1v) is 10.9. The van der Waals surface area contributed by atoms with Crippen molar-refractivity contribution in [3.63, 3.8) is 0 Å². The Kier molecular flexibility index (Phi) is 7.53. The summed E-state index contributed by atoms with van der Waals surface area (Å²) in [7, 11) is -3.37. The summed E-state index contributed by atoms with van der Waals surface area (Å²) in [6.45, 7) is 3.88. The summed E-state index contributed by atoms with van der Waals surface area (Å²) in [6.07, 6.45) is 7.11. The lowest BCUT2D eigenvalue weighted by Gasteiger charge is -2.19. The molecule has 8 heteroatoms. The summed E-state index contributed by atoms with van der Waals surface area (Å²) in [5.74, 6) is -0.244. The zero-order chi connectivity index (χ0) is 18.3. The fourth-order valence-electron chi connectivity index (χ4n) is 2.94. The molecule has 1 aromatic rings. The maximum absolute atomic E-state index is 12.2. The van der Waals surface area contributed by atoms with Crippen LogP contribution in [0.15, 0.2) is 18.2 Å². The average molecular weight is 388 g/mol. The quantitative estimate of drug-likeness (QED) is 0.705. The number of carbonyl (C=O) groups excluding carboxylic acids is 1. The van der Waals surface area contributed by atoms with E-state index >= 15 is 0 Å². The highest BCUT2D eigenvalue weighted by molar-refractivity contribution is 7.92. The number of halogens is 1. The summed E-state index contributed by atoms with van der Waals surface area (Å²) >= 11 is 6.10. The van der Waals surface area contributed by atoms with Gasteiger partial charge in [0.05, 0.1) is 16.8 Å². The van der Waals surface area contributed by atoms with Crippen LogP contribution < -0.4 is 10.0 Å². The first-order valence-electron chi connectivity index (χ1n) is 8.63. The molecule has 0 atom stereocenters. The third-order valence-corrected chi connectivity index (χ3v) is 5.07. The highest BCUT2D eigenvalue weighted by Crippen LogP contribution is 2.21. The average Bonchev–Trinajstić information content (AvgIpc) is 2.78. The van der Waals surface area contributed by atoms with Crippen LogP contribution in [-0.2, 0) is 10.0 Å². The highest BCUT2D eigenvalue weighted by atomic mass is 35.5. The van der Waals surface area contributed by atoms with Gasteiger partial charge in [0.1, 0.15) is 0 Å². The van der Waals surface area contributed by atoms with Gasteiger partial charge >= 0.3 is 0 Å². The van der Waals surface area contributed by atoms with Crippen molar-refractivity contribution >= 4 is 33.2 Å². The first kappa shape index (κ1) is 20.0. The van der Waals surface area contributed by atoms with Crippen molar-refractivity contribution in [1.29, 1.82) is 0 Å². The van der Waals surface area contributed by atoms with Crippen LogP contribution in [0.4, 0.5) is 5.69 Å². The first-order chi connectivity index (χ1) is 11.8. The molecule has 0 bridgehead atoms. The van der Waals surface area contributed by atoms with E-state index < -0.39 is 10.0 Å². The number of anilines is 1. The summed E-state index contributed by atoms with van der Waals surface area (Å²) in [5.41, 5.74) is 0.681. The zero-order valence-corrected chi connectivity index (χ0v) is 16.1. The Morgan fingerprint density at radius 2 is 1.88 bits per heavy atom. The standard InChI is InChI=1S/C17H26ClN3O3S/c1-25(23,24)20-14-7-8-15(16(18)13-14)17(22)19-9-6-12-21-10-4-2-3-5-11-21/h7-8,13,20H,2-6,9-12H2,1H3,(H,19,22). The van der Waals surface area contributed by atoms with Crippen LogP contribution in [0.5, 0.6) is 0 Å². The third-order valence-electron chi connectivity index (χ3n) is 4.15. The van der Waals surface area contributed by atoms with Gasteiger partial charge in [-0.2, -0.15) is 0 Å². The smallest absolute Gasteiger partial charge is 0.252 e. The van der Waals surface area contributed by atoms with Gasteiger partial charge in [-0.05, 0) is 57.1 Å². The Morgan fingerprint density at radius 3 is 2.48 bits per heavy atom. The van der Waals surface area contributed by atoms with Gasteiger partial charge in [-0.1, -0.05) is 24.4 Å². The van der Waals surface area contributed by atoms with Crippen molar-refractivity contribution in [3.05, 3.63) is 28.8 Å². The minimum absolute atomic E-state index is 0.221. The molecule has 0 spiro atoms. The zero-order valence-electron chi connectivity index (χ0n) is 14.6. The maximum atomic E-state index is 12.2. The number of nitrogens with zero attached hydrogens (tertiary/aromatic N) is 1. The summed E-state index contributed by atoms with van der Waals surface area (Å²) < 4.78 is 24.8. The molecule has 6 nitrogen and oxygen atoms in total. The van der Waals surface area contributed by atoms with Crippen LogP contribution in [0, 0.1) is 0 Å². The van der Waals surface area contributed by atoms with E-state index in [9.17, 15) is 13.2 Å². The Labute approximate surface area is 155 Å². The number of amides is 1. The predicted octanol–water partition coefficient (Wildman–Crippen LogP) is 2.71. The van der Waals surface area contributed by atoms with E-state index in [1.165, 1.54) is 43.9 Å². The van der Waals surface area contributed by atoms with Crippen LogP contribution in [0.3, 0.4) is 0 Å². The largest absolute Gasteiger partial charge is 0.352 e. The second-order valence-electron chi connectivity index (χ2n) is 6.43. The van der Waals surface area contributed by atoms with E-state index in [0.717, 1.165) is 32.3 Å². The van der Waals surface area contributed by atoms with Crippen molar-refractivity contribution in [3.8, 4) is 0 Å². The van der Waals surface area contributed by atoms with Gasteiger partial charge in [-0.3, -0.25) is 9.52 Å². The second kappa shape index (κ2) is 9.40. The molecule has 0 radical (unpaired) electrons. The minimum atomic E-state index is -3.37. The number of hydrogen-bond donors (Lipinski definition) is 2. The molecule has 1 saturated heterocycles. The van der Waals surface area contributed by atoms with Gasteiger partial charge < -0.3 is 10.2 Å². The number of rotatable bonds is 7. The molecule has 2 N–H and O–H groups in total. The molecule has 1 aliphatic rings. The van der Waals surface area contributed by atoms with E-state index in [4.69, 9.17) is 11.6 Å². The van der Waals surface area contributed by atoms with Crippen molar-refractivity contribution in [2.45, 2.75) is 32.1 Å². The van der Waals surface area contributed by atoms with E-state index in [0.29, 0.717) is 17.8 Å². The fourth-order valence-corrected chi connectivity index (χ4v) is 3.76. The van der Waals surface area contributed by atoms with E-state index in [2.05, 4.69) is 14.9 Å². The molecular weight excluding hydrogens is 362 g/mol. The van der Waals surface area contributed by atoms with Gasteiger partial charge in [0.25, 0.3) is 5.91 Å². The van der Waals surface area contributed by atoms with Crippen molar-refractivity contribution in [1.82, 2.24) is 10.2 Å². The lowest BCUT2D eigenvalue weighted by Crippen LogP contribution is -2.30. The predicted molar refractivity (Wildman–Crippen MR) is 102 cm³/mol. The molecule has 25 heavy (non-hydrogen) atoms. The Morgan fingerprint density at radius 1 is 1.20 bits per heavy atom. The van der Waals surface area contributed by atoms with Gasteiger partial charge in [0.15, 0.2) is 0 Å². The molecule has 2 rings (SSSR count). The number of sulfonamides is 1.